The second kappa shape index (κ2) is 9.83. The minimum Gasteiger partial charge on any atom is -0.548 e. The van der Waals surface area contributed by atoms with Gasteiger partial charge in [-0.25, -0.2) is 4.79 Å². The first-order valence-electron chi connectivity index (χ1n) is 7.92. The number of hydrogen-bond donors (Lipinski definition) is 1. The Bertz CT molecular complexity index is 675. The standard InChI is InChI=1S/C19H19NO6/c21-17(25-12-14-7-3-1-4-8-14)11-16(18(22)23)20-19(24)26-13-15-9-5-2-6-10-15/h1-10,16H,11-13H2,(H,20,24)(H,22,23)/p-1/t16-/m0/s1. The minimum atomic E-state index is -1.60. The van der Waals surface area contributed by atoms with Crippen molar-refractivity contribution >= 4 is 18.0 Å². The number of carbonyl (C=O) groups excluding carboxylic acids is 3. The maximum absolute atomic E-state index is 11.8. The van der Waals surface area contributed by atoms with Gasteiger partial charge < -0.3 is 24.7 Å². The summed E-state index contributed by atoms with van der Waals surface area (Å²) in [5.41, 5.74) is 1.51. The van der Waals surface area contributed by atoms with E-state index < -0.39 is 30.5 Å². The number of carbonyl (C=O) groups is 3. The molecule has 0 saturated heterocycles. The zero-order valence-corrected chi connectivity index (χ0v) is 13.9. The molecule has 0 aromatic heterocycles. The van der Waals surface area contributed by atoms with Gasteiger partial charge in [0, 0.05) is 0 Å². The molecule has 0 saturated carbocycles. The number of nitrogens with one attached hydrogen (secondary N) is 1. The first kappa shape index (κ1) is 19.0. The number of esters is 1. The fraction of sp³-hybridized carbons (Fsp3) is 0.211. The van der Waals surface area contributed by atoms with Crippen LogP contribution in [0.15, 0.2) is 60.7 Å². The van der Waals surface area contributed by atoms with Crippen molar-refractivity contribution in [3.05, 3.63) is 71.8 Å². The van der Waals surface area contributed by atoms with E-state index in [1.54, 1.807) is 48.5 Å². The zero-order valence-electron chi connectivity index (χ0n) is 13.9. The molecule has 0 aliphatic heterocycles. The average molecular weight is 356 g/mol. The maximum Gasteiger partial charge on any atom is 0.408 e. The van der Waals surface area contributed by atoms with Gasteiger partial charge in [0.1, 0.15) is 13.2 Å². The highest BCUT2D eigenvalue weighted by molar-refractivity contribution is 5.84. The van der Waals surface area contributed by atoms with Crippen molar-refractivity contribution in [3.8, 4) is 0 Å². The molecular weight excluding hydrogens is 338 g/mol. The molecule has 7 heteroatoms. The number of carboxylic acid groups (broad SMARTS) is 1. The van der Waals surface area contributed by atoms with Crippen LogP contribution in [0.25, 0.3) is 0 Å². The number of hydrogen-bond acceptors (Lipinski definition) is 6. The number of rotatable bonds is 8. The molecule has 26 heavy (non-hydrogen) atoms. The highest BCUT2D eigenvalue weighted by atomic mass is 16.5. The fourth-order valence-electron chi connectivity index (χ4n) is 2.06. The van der Waals surface area contributed by atoms with E-state index in [0.29, 0.717) is 0 Å². The van der Waals surface area contributed by atoms with Crippen LogP contribution in [0, 0.1) is 0 Å². The Morgan fingerprint density at radius 2 is 1.35 bits per heavy atom. The normalized spacial score (nSPS) is 11.2. The van der Waals surface area contributed by atoms with Crippen LogP contribution in [0.4, 0.5) is 4.79 Å². The molecule has 1 amide bonds. The molecular formula is C19H18NO6-. The van der Waals surface area contributed by atoms with Gasteiger partial charge in [0.15, 0.2) is 0 Å². The summed E-state index contributed by atoms with van der Waals surface area (Å²) >= 11 is 0. The lowest BCUT2D eigenvalue weighted by Crippen LogP contribution is -2.49. The number of alkyl carbamates (subject to hydrolysis) is 1. The lowest BCUT2D eigenvalue weighted by Gasteiger charge is -2.18. The van der Waals surface area contributed by atoms with Crippen molar-refractivity contribution in [2.75, 3.05) is 0 Å². The average Bonchev–Trinajstić information content (AvgIpc) is 2.66. The van der Waals surface area contributed by atoms with Gasteiger partial charge >= 0.3 is 12.1 Å². The van der Waals surface area contributed by atoms with E-state index >= 15 is 0 Å². The molecule has 0 aliphatic carbocycles. The van der Waals surface area contributed by atoms with Gasteiger partial charge in [-0.15, -0.1) is 0 Å². The van der Waals surface area contributed by atoms with Crippen molar-refractivity contribution in [1.29, 1.82) is 0 Å². The molecule has 0 fully saturated rings. The molecule has 2 aromatic carbocycles. The number of benzene rings is 2. The zero-order chi connectivity index (χ0) is 18.8. The van der Waals surface area contributed by atoms with Crippen LogP contribution in [-0.4, -0.2) is 24.1 Å². The number of aliphatic carboxylic acids is 1. The Balaban J connectivity index is 1.78. The van der Waals surface area contributed by atoms with Crippen molar-refractivity contribution in [2.24, 2.45) is 0 Å². The Morgan fingerprint density at radius 3 is 1.85 bits per heavy atom. The van der Waals surface area contributed by atoms with E-state index in [1.165, 1.54) is 0 Å². The Kier molecular flexibility index (Phi) is 7.17. The summed E-state index contributed by atoms with van der Waals surface area (Å²) in [7, 11) is 0. The lowest BCUT2D eigenvalue weighted by atomic mass is 10.2. The van der Waals surface area contributed by atoms with Crippen molar-refractivity contribution in [3.63, 3.8) is 0 Å². The quantitative estimate of drug-likeness (QED) is 0.712. The summed E-state index contributed by atoms with van der Waals surface area (Å²) in [4.78, 5) is 34.6. The summed E-state index contributed by atoms with van der Waals surface area (Å²) in [6, 6.07) is 16.3. The van der Waals surface area contributed by atoms with Crippen LogP contribution in [0.2, 0.25) is 0 Å². The van der Waals surface area contributed by atoms with Crippen LogP contribution >= 0.6 is 0 Å². The third kappa shape index (κ3) is 6.64. The maximum atomic E-state index is 11.8. The Morgan fingerprint density at radius 1 is 0.846 bits per heavy atom. The molecule has 0 bridgehead atoms. The second-order valence-electron chi connectivity index (χ2n) is 5.43. The first-order chi connectivity index (χ1) is 12.5. The van der Waals surface area contributed by atoms with Crippen molar-refractivity contribution in [2.45, 2.75) is 25.7 Å². The smallest absolute Gasteiger partial charge is 0.408 e. The van der Waals surface area contributed by atoms with Crippen LogP contribution in [0.1, 0.15) is 17.5 Å². The number of ether oxygens (including phenoxy) is 2. The summed E-state index contributed by atoms with van der Waals surface area (Å²) < 4.78 is 9.92. The Hall–Kier alpha value is -3.35. The molecule has 2 rings (SSSR count). The molecule has 0 radical (unpaired) electrons. The summed E-state index contributed by atoms with van der Waals surface area (Å²) in [5, 5.41) is 13.2. The van der Waals surface area contributed by atoms with Crippen LogP contribution in [0.5, 0.6) is 0 Å². The number of carboxylic acids is 1. The lowest BCUT2D eigenvalue weighted by molar-refractivity contribution is -0.308. The summed E-state index contributed by atoms with van der Waals surface area (Å²) in [6.07, 6.45) is -1.52. The third-order valence-electron chi connectivity index (χ3n) is 3.40. The van der Waals surface area contributed by atoms with Gasteiger partial charge in [0.2, 0.25) is 0 Å². The van der Waals surface area contributed by atoms with Crippen molar-refractivity contribution < 1.29 is 29.0 Å². The summed E-state index contributed by atoms with van der Waals surface area (Å²) in [5.74, 6) is -2.37. The molecule has 0 unspecified atom stereocenters. The van der Waals surface area contributed by atoms with Gasteiger partial charge in [-0.1, -0.05) is 60.7 Å². The number of amides is 1. The van der Waals surface area contributed by atoms with Crippen LogP contribution in [-0.2, 0) is 32.3 Å². The molecule has 0 heterocycles. The molecule has 0 aliphatic rings. The molecule has 1 N–H and O–H groups in total. The molecule has 136 valence electrons. The highest BCUT2D eigenvalue weighted by Gasteiger charge is 2.19. The largest absolute Gasteiger partial charge is 0.548 e. The van der Waals surface area contributed by atoms with Gasteiger partial charge in [-0.05, 0) is 11.1 Å². The van der Waals surface area contributed by atoms with Gasteiger partial charge in [0.05, 0.1) is 18.4 Å². The van der Waals surface area contributed by atoms with E-state index in [0.717, 1.165) is 11.1 Å². The second-order valence-corrected chi connectivity index (χ2v) is 5.43. The van der Waals surface area contributed by atoms with E-state index in [4.69, 9.17) is 9.47 Å². The molecule has 0 spiro atoms. The predicted octanol–water partition coefficient (Wildman–Crippen LogP) is 1.16. The minimum absolute atomic E-state index is 0.0118. The van der Waals surface area contributed by atoms with E-state index in [9.17, 15) is 19.5 Å². The summed E-state index contributed by atoms with van der Waals surface area (Å²) in [6.45, 7) is -0.0111. The van der Waals surface area contributed by atoms with Crippen LogP contribution < -0.4 is 10.4 Å². The third-order valence-corrected chi connectivity index (χ3v) is 3.40. The van der Waals surface area contributed by atoms with Gasteiger partial charge in [-0.2, -0.15) is 0 Å². The van der Waals surface area contributed by atoms with Gasteiger partial charge in [0.25, 0.3) is 0 Å². The topological polar surface area (TPSA) is 105 Å². The highest BCUT2D eigenvalue weighted by Crippen LogP contribution is 2.04. The van der Waals surface area contributed by atoms with E-state index in [-0.39, 0.29) is 13.2 Å². The van der Waals surface area contributed by atoms with Crippen LogP contribution in [0.3, 0.4) is 0 Å². The SMILES string of the molecule is O=C(C[C@H](NC(=O)OCc1ccccc1)C(=O)[O-])OCc1ccccc1. The first-order valence-corrected chi connectivity index (χ1v) is 7.92. The fourth-order valence-corrected chi connectivity index (χ4v) is 2.06. The molecule has 7 nitrogen and oxygen atoms in total. The van der Waals surface area contributed by atoms with E-state index in [2.05, 4.69) is 5.32 Å². The van der Waals surface area contributed by atoms with Gasteiger partial charge in [-0.3, -0.25) is 4.79 Å². The molecule has 1 atom stereocenters. The monoisotopic (exact) mass is 356 g/mol. The van der Waals surface area contributed by atoms with Crippen molar-refractivity contribution in [1.82, 2.24) is 5.32 Å². The predicted molar refractivity (Wildman–Crippen MR) is 89.4 cm³/mol. The Labute approximate surface area is 150 Å². The van der Waals surface area contributed by atoms with E-state index in [1.807, 2.05) is 12.1 Å². The molecule has 2 aromatic rings.